The molecule has 0 aliphatic carbocycles. The highest BCUT2D eigenvalue weighted by Crippen LogP contribution is 2.29. The highest BCUT2D eigenvalue weighted by Gasteiger charge is 2.18. The fraction of sp³-hybridized carbons (Fsp3) is 0.125. The lowest BCUT2D eigenvalue weighted by atomic mass is 10.0. The summed E-state index contributed by atoms with van der Waals surface area (Å²) in [5, 5.41) is 0.559. The van der Waals surface area contributed by atoms with Gasteiger partial charge in [-0.05, 0) is 30.3 Å². The quantitative estimate of drug-likeness (QED) is 0.908. The molecule has 0 aromatic heterocycles. The number of hydrogen-bond donors (Lipinski definition) is 1. The van der Waals surface area contributed by atoms with Crippen molar-refractivity contribution in [2.24, 2.45) is 15.7 Å². The van der Waals surface area contributed by atoms with Crippen LogP contribution in [0.25, 0.3) is 0 Å². The van der Waals surface area contributed by atoms with Gasteiger partial charge in [0, 0.05) is 22.7 Å². The molecule has 0 saturated carbocycles. The Bertz CT molecular complexity index is 753. The molecule has 3 rings (SSSR count). The lowest BCUT2D eigenvalue weighted by molar-refractivity contribution is 0.625. The maximum Gasteiger partial charge on any atom is 0.132 e. The van der Waals surface area contributed by atoms with Gasteiger partial charge in [0.2, 0.25) is 0 Å². The van der Waals surface area contributed by atoms with Crippen LogP contribution in [-0.4, -0.2) is 24.5 Å². The Hall–Kier alpha value is -2.04. The van der Waals surface area contributed by atoms with Crippen molar-refractivity contribution >= 4 is 28.7 Å². The summed E-state index contributed by atoms with van der Waals surface area (Å²) in [6.07, 6.45) is 0. The van der Waals surface area contributed by atoms with E-state index in [-0.39, 0.29) is 5.82 Å². The topological polar surface area (TPSA) is 50.7 Å². The second kappa shape index (κ2) is 5.76. The maximum atomic E-state index is 14.1. The summed E-state index contributed by atoms with van der Waals surface area (Å²) >= 11 is 6.07. The molecule has 0 spiro atoms. The van der Waals surface area contributed by atoms with Gasteiger partial charge < -0.3 is 5.73 Å². The zero-order valence-electron chi connectivity index (χ0n) is 11.2. The molecule has 0 saturated heterocycles. The molecule has 1 heterocycles. The van der Waals surface area contributed by atoms with Gasteiger partial charge in [-0.2, -0.15) is 0 Å². The van der Waals surface area contributed by atoms with E-state index >= 15 is 0 Å². The molecular weight excluding hydrogens is 289 g/mol. The van der Waals surface area contributed by atoms with Gasteiger partial charge in [-0.25, -0.2) is 4.39 Å². The minimum Gasteiger partial charge on any atom is -0.325 e. The Morgan fingerprint density at radius 3 is 2.71 bits per heavy atom. The van der Waals surface area contributed by atoms with E-state index in [0.717, 1.165) is 11.3 Å². The number of hydrogen-bond acceptors (Lipinski definition) is 3. The third kappa shape index (κ3) is 2.73. The largest absolute Gasteiger partial charge is 0.325 e. The van der Waals surface area contributed by atoms with Gasteiger partial charge in [-0.15, -0.1) is 0 Å². The zero-order valence-corrected chi connectivity index (χ0v) is 11.9. The molecule has 21 heavy (non-hydrogen) atoms. The number of halogens is 2. The maximum absolute atomic E-state index is 14.1. The number of fused-ring (bicyclic) bond motifs is 1. The van der Waals surface area contributed by atoms with E-state index in [4.69, 9.17) is 17.3 Å². The second-order valence-electron chi connectivity index (χ2n) is 4.69. The molecule has 3 nitrogen and oxygen atoms in total. The number of nitrogens with two attached hydrogens (primary N) is 1. The average Bonchev–Trinajstić information content (AvgIpc) is 2.67. The van der Waals surface area contributed by atoms with Gasteiger partial charge in [-0.1, -0.05) is 23.7 Å². The van der Waals surface area contributed by atoms with Gasteiger partial charge in [0.1, 0.15) is 5.82 Å². The van der Waals surface area contributed by atoms with Crippen molar-refractivity contribution in [1.29, 1.82) is 0 Å². The number of nitrogens with zero attached hydrogens (tertiary/aromatic N) is 2. The lowest BCUT2D eigenvalue weighted by Gasteiger charge is -2.09. The van der Waals surface area contributed by atoms with Crippen LogP contribution in [0.4, 0.5) is 10.1 Å². The third-order valence-corrected chi connectivity index (χ3v) is 3.51. The summed E-state index contributed by atoms with van der Waals surface area (Å²) in [5.41, 5.74) is 8.85. The molecule has 2 aromatic rings. The van der Waals surface area contributed by atoms with Crippen molar-refractivity contribution < 1.29 is 4.39 Å². The van der Waals surface area contributed by atoms with Crippen molar-refractivity contribution in [3.63, 3.8) is 0 Å². The van der Waals surface area contributed by atoms with Crippen LogP contribution in [0.15, 0.2) is 52.4 Å². The molecule has 0 unspecified atom stereocenters. The van der Waals surface area contributed by atoms with Crippen molar-refractivity contribution in [3.05, 3.63) is 64.4 Å². The van der Waals surface area contributed by atoms with Crippen molar-refractivity contribution in [2.75, 3.05) is 13.1 Å². The zero-order chi connectivity index (χ0) is 14.8. The highest BCUT2D eigenvalue weighted by atomic mass is 35.5. The summed E-state index contributed by atoms with van der Waals surface area (Å²) in [7, 11) is 0. The predicted molar refractivity (Wildman–Crippen MR) is 84.5 cm³/mol. The van der Waals surface area contributed by atoms with Gasteiger partial charge >= 0.3 is 0 Å². The molecule has 0 radical (unpaired) electrons. The Labute approximate surface area is 127 Å². The molecule has 2 aromatic carbocycles. The first-order valence-electron chi connectivity index (χ1n) is 6.55. The van der Waals surface area contributed by atoms with Gasteiger partial charge in [0.05, 0.1) is 23.7 Å². The Kier molecular flexibility index (Phi) is 3.82. The first-order chi connectivity index (χ1) is 10.2. The second-order valence-corrected chi connectivity index (χ2v) is 5.12. The van der Waals surface area contributed by atoms with E-state index < -0.39 is 0 Å². The van der Waals surface area contributed by atoms with Crippen LogP contribution in [0.2, 0.25) is 5.02 Å². The van der Waals surface area contributed by atoms with Crippen LogP contribution < -0.4 is 5.73 Å². The highest BCUT2D eigenvalue weighted by molar-refractivity contribution is 6.31. The van der Waals surface area contributed by atoms with Crippen molar-refractivity contribution in [1.82, 2.24) is 0 Å². The van der Waals surface area contributed by atoms with Crippen LogP contribution in [0.1, 0.15) is 11.1 Å². The van der Waals surface area contributed by atoms with E-state index in [2.05, 4.69) is 9.98 Å². The Morgan fingerprint density at radius 1 is 1.14 bits per heavy atom. The van der Waals surface area contributed by atoms with E-state index in [1.54, 1.807) is 36.4 Å². The fourth-order valence-electron chi connectivity index (χ4n) is 2.25. The predicted octanol–water partition coefficient (Wildman–Crippen LogP) is 3.36. The fourth-order valence-corrected chi connectivity index (χ4v) is 2.42. The van der Waals surface area contributed by atoms with E-state index in [1.165, 1.54) is 6.07 Å². The monoisotopic (exact) mass is 301 g/mol. The molecule has 1 aliphatic heterocycles. The van der Waals surface area contributed by atoms with E-state index in [0.29, 0.717) is 35.1 Å². The normalized spacial score (nSPS) is 14.0. The van der Waals surface area contributed by atoms with Crippen LogP contribution in [0.5, 0.6) is 0 Å². The molecule has 1 aliphatic rings. The first kappa shape index (κ1) is 13.9. The smallest absolute Gasteiger partial charge is 0.132 e. The standard InChI is InChI=1S/C16H13ClFN3/c17-10-5-6-15-13(7-10)16(20-9-11(8-19)21-15)12-3-1-2-4-14(12)18/h1-7H,8-9,19H2. The average molecular weight is 302 g/mol. The summed E-state index contributed by atoms with van der Waals surface area (Å²) in [5.74, 6) is -0.321. The lowest BCUT2D eigenvalue weighted by Crippen LogP contribution is -2.16. The van der Waals surface area contributed by atoms with E-state index in [9.17, 15) is 4.39 Å². The Balaban J connectivity index is 2.22. The number of benzene rings is 2. The van der Waals surface area contributed by atoms with Crippen LogP contribution in [0.3, 0.4) is 0 Å². The number of rotatable bonds is 2. The van der Waals surface area contributed by atoms with Gasteiger partial charge in [0.25, 0.3) is 0 Å². The summed E-state index contributed by atoms with van der Waals surface area (Å²) in [4.78, 5) is 9.00. The summed E-state index contributed by atoms with van der Waals surface area (Å²) < 4.78 is 14.1. The molecule has 0 bridgehead atoms. The minimum absolute atomic E-state index is 0.316. The Morgan fingerprint density at radius 2 is 1.95 bits per heavy atom. The molecule has 0 atom stereocenters. The molecule has 0 fully saturated rings. The van der Waals surface area contributed by atoms with Crippen molar-refractivity contribution in [2.45, 2.75) is 0 Å². The van der Waals surface area contributed by atoms with Gasteiger partial charge in [0.15, 0.2) is 0 Å². The molecule has 5 heteroatoms. The molecular formula is C16H13ClFN3. The summed E-state index contributed by atoms with van der Waals surface area (Å²) in [6, 6.07) is 11.9. The van der Waals surface area contributed by atoms with Crippen LogP contribution in [0, 0.1) is 5.82 Å². The molecule has 2 N–H and O–H groups in total. The van der Waals surface area contributed by atoms with Crippen LogP contribution in [-0.2, 0) is 0 Å². The number of aliphatic imine (C=N–C) groups is 2. The minimum atomic E-state index is -0.321. The summed E-state index contributed by atoms with van der Waals surface area (Å²) in [6.45, 7) is 0.669. The SMILES string of the molecule is NCC1=Nc2ccc(Cl)cc2C(c2ccccc2F)=NC1. The van der Waals surface area contributed by atoms with Crippen molar-refractivity contribution in [3.8, 4) is 0 Å². The van der Waals surface area contributed by atoms with Crippen LogP contribution >= 0.6 is 11.6 Å². The first-order valence-corrected chi connectivity index (χ1v) is 6.92. The van der Waals surface area contributed by atoms with E-state index in [1.807, 2.05) is 0 Å². The third-order valence-electron chi connectivity index (χ3n) is 3.28. The van der Waals surface area contributed by atoms with Gasteiger partial charge in [-0.3, -0.25) is 9.98 Å². The molecule has 106 valence electrons. The molecule has 0 amide bonds.